The lowest BCUT2D eigenvalue weighted by Gasteiger charge is -2.31. The maximum Gasteiger partial charge on any atom is 0.126 e. The highest BCUT2D eigenvalue weighted by Crippen LogP contribution is 2.45. The highest BCUT2D eigenvalue weighted by Gasteiger charge is 2.32. The molecule has 19 heavy (non-hydrogen) atoms. The molecule has 0 N–H and O–H groups in total. The molecule has 1 fully saturated rings. The first-order valence-corrected chi connectivity index (χ1v) is 7.23. The summed E-state index contributed by atoms with van der Waals surface area (Å²) in [5.74, 6) is 1.60. The van der Waals surface area contributed by atoms with Gasteiger partial charge in [-0.25, -0.2) is 0 Å². The molecule has 2 unspecified atom stereocenters. The number of hydrogen-bond acceptors (Lipinski definition) is 3. The van der Waals surface area contributed by atoms with Gasteiger partial charge in [-0.05, 0) is 38.0 Å². The predicted molar refractivity (Wildman–Crippen MR) is 77.5 cm³/mol. The standard InChI is InChI=1S/C16H23NO2/c1-10-9-14(17-5-7-18-8-6-17)12(3)15-11(2)13(4)19-16(10)15/h9,11,13H,5-8H2,1-4H3. The Labute approximate surface area is 115 Å². The Kier molecular flexibility index (Phi) is 3.17. The zero-order chi connectivity index (χ0) is 13.6. The molecule has 2 heterocycles. The first-order chi connectivity index (χ1) is 9.09. The van der Waals surface area contributed by atoms with E-state index in [0.717, 1.165) is 32.1 Å². The van der Waals surface area contributed by atoms with E-state index >= 15 is 0 Å². The van der Waals surface area contributed by atoms with Crippen molar-refractivity contribution in [2.75, 3.05) is 31.2 Å². The molecular formula is C16H23NO2. The molecule has 1 aromatic rings. The van der Waals surface area contributed by atoms with Crippen molar-refractivity contribution in [3.8, 4) is 5.75 Å². The molecule has 0 aliphatic carbocycles. The zero-order valence-electron chi connectivity index (χ0n) is 12.3. The summed E-state index contributed by atoms with van der Waals surface area (Å²) in [6.07, 6.45) is 0.285. The lowest BCUT2D eigenvalue weighted by Crippen LogP contribution is -2.36. The number of hydrogen-bond donors (Lipinski definition) is 0. The molecule has 3 nitrogen and oxygen atoms in total. The third-order valence-electron chi connectivity index (χ3n) is 4.56. The minimum absolute atomic E-state index is 0.285. The van der Waals surface area contributed by atoms with E-state index < -0.39 is 0 Å². The van der Waals surface area contributed by atoms with E-state index in [4.69, 9.17) is 9.47 Å². The summed E-state index contributed by atoms with van der Waals surface area (Å²) in [4.78, 5) is 2.45. The summed E-state index contributed by atoms with van der Waals surface area (Å²) in [6, 6.07) is 2.28. The second-order valence-electron chi connectivity index (χ2n) is 5.79. The maximum absolute atomic E-state index is 6.03. The summed E-state index contributed by atoms with van der Waals surface area (Å²) in [6.45, 7) is 12.5. The second-order valence-corrected chi connectivity index (χ2v) is 5.79. The SMILES string of the molecule is Cc1cc(N2CCOCC2)c(C)c2c1OC(C)C2C. The lowest BCUT2D eigenvalue weighted by molar-refractivity contribution is 0.122. The smallest absolute Gasteiger partial charge is 0.126 e. The van der Waals surface area contributed by atoms with Crippen molar-refractivity contribution < 1.29 is 9.47 Å². The number of anilines is 1. The normalized spacial score (nSPS) is 26.2. The molecule has 0 saturated carbocycles. The van der Waals surface area contributed by atoms with Gasteiger partial charge in [0.1, 0.15) is 11.9 Å². The quantitative estimate of drug-likeness (QED) is 0.775. The molecule has 1 saturated heterocycles. The van der Waals surface area contributed by atoms with Gasteiger partial charge in [-0.15, -0.1) is 0 Å². The van der Waals surface area contributed by atoms with Gasteiger partial charge < -0.3 is 14.4 Å². The molecule has 2 aliphatic rings. The molecule has 0 radical (unpaired) electrons. The number of nitrogens with zero attached hydrogens (tertiary/aromatic N) is 1. The number of fused-ring (bicyclic) bond motifs is 1. The molecule has 0 spiro atoms. The number of rotatable bonds is 1. The molecule has 0 aromatic heterocycles. The molecule has 3 rings (SSSR count). The number of aryl methyl sites for hydroxylation is 1. The number of morpholine rings is 1. The van der Waals surface area contributed by atoms with Gasteiger partial charge in [0, 0.05) is 30.3 Å². The Morgan fingerprint density at radius 1 is 1.16 bits per heavy atom. The first kappa shape index (κ1) is 12.8. The average Bonchev–Trinajstić information content (AvgIpc) is 2.72. The molecule has 1 aromatic carbocycles. The predicted octanol–water partition coefficient (Wildman–Crippen LogP) is 3.02. The third kappa shape index (κ3) is 2.00. The minimum Gasteiger partial charge on any atom is -0.490 e. The minimum atomic E-state index is 0.285. The van der Waals surface area contributed by atoms with Crippen LogP contribution < -0.4 is 9.64 Å². The molecular weight excluding hydrogens is 238 g/mol. The van der Waals surface area contributed by atoms with E-state index in [1.165, 1.54) is 22.4 Å². The summed E-state index contributed by atoms with van der Waals surface area (Å²) < 4.78 is 11.5. The topological polar surface area (TPSA) is 21.7 Å². The lowest BCUT2D eigenvalue weighted by atomic mass is 9.91. The largest absolute Gasteiger partial charge is 0.490 e. The van der Waals surface area contributed by atoms with Crippen LogP contribution in [0.2, 0.25) is 0 Å². The van der Waals surface area contributed by atoms with Crippen LogP contribution in [0.1, 0.15) is 36.5 Å². The Morgan fingerprint density at radius 2 is 1.84 bits per heavy atom. The monoisotopic (exact) mass is 261 g/mol. The molecule has 3 heteroatoms. The van der Waals surface area contributed by atoms with Crippen LogP contribution in [0, 0.1) is 13.8 Å². The van der Waals surface area contributed by atoms with Crippen molar-refractivity contribution in [2.24, 2.45) is 0 Å². The summed E-state index contributed by atoms with van der Waals surface area (Å²) in [5.41, 5.74) is 5.43. The van der Waals surface area contributed by atoms with Crippen molar-refractivity contribution in [3.05, 3.63) is 22.8 Å². The van der Waals surface area contributed by atoms with Crippen LogP contribution in [0.25, 0.3) is 0 Å². The van der Waals surface area contributed by atoms with Gasteiger partial charge in [-0.1, -0.05) is 6.92 Å². The van der Waals surface area contributed by atoms with Crippen molar-refractivity contribution >= 4 is 5.69 Å². The van der Waals surface area contributed by atoms with Gasteiger partial charge in [-0.3, -0.25) is 0 Å². The van der Waals surface area contributed by atoms with Crippen LogP contribution in [-0.2, 0) is 4.74 Å². The Hall–Kier alpha value is -1.22. The van der Waals surface area contributed by atoms with Crippen LogP contribution in [0.3, 0.4) is 0 Å². The van der Waals surface area contributed by atoms with Gasteiger partial charge >= 0.3 is 0 Å². The van der Waals surface area contributed by atoms with E-state index in [-0.39, 0.29) is 6.10 Å². The highest BCUT2D eigenvalue weighted by molar-refractivity contribution is 5.65. The van der Waals surface area contributed by atoms with Crippen molar-refractivity contribution in [2.45, 2.75) is 39.7 Å². The fraction of sp³-hybridized carbons (Fsp3) is 0.625. The van der Waals surface area contributed by atoms with Crippen molar-refractivity contribution in [1.82, 2.24) is 0 Å². The van der Waals surface area contributed by atoms with Gasteiger partial charge in [0.2, 0.25) is 0 Å². The Morgan fingerprint density at radius 3 is 2.53 bits per heavy atom. The van der Waals surface area contributed by atoms with Crippen LogP contribution in [-0.4, -0.2) is 32.4 Å². The molecule has 2 atom stereocenters. The van der Waals surface area contributed by atoms with E-state index in [1.807, 2.05) is 0 Å². The molecule has 2 aliphatic heterocycles. The highest BCUT2D eigenvalue weighted by atomic mass is 16.5. The fourth-order valence-corrected chi connectivity index (χ4v) is 3.26. The number of ether oxygens (including phenoxy) is 2. The third-order valence-corrected chi connectivity index (χ3v) is 4.56. The summed E-state index contributed by atoms with van der Waals surface area (Å²) in [5, 5.41) is 0. The van der Waals surface area contributed by atoms with E-state index in [0.29, 0.717) is 5.92 Å². The van der Waals surface area contributed by atoms with E-state index in [1.54, 1.807) is 0 Å². The van der Waals surface area contributed by atoms with E-state index in [2.05, 4.69) is 38.7 Å². The van der Waals surface area contributed by atoms with Crippen LogP contribution >= 0.6 is 0 Å². The van der Waals surface area contributed by atoms with Crippen LogP contribution in [0.4, 0.5) is 5.69 Å². The van der Waals surface area contributed by atoms with Crippen LogP contribution in [0.15, 0.2) is 6.07 Å². The van der Waals surface area contributed by atoms with Crippen molar-refractivity contribution in [3.63, 3.8) is 0 Å². The van der Waals surface area contributed by atoms with Gasteiger partial charge in [0.25, 0.3) is 0 Å². The van der Waals surface area contributed by atoms with Gasteiger partial charge in [0.15, 0.2) is 0 Å². The first-order valence-electron chi connectivity index (χ1n) is 7.23. The van der Waals surface area contributed by atoms with Gasteiger partial charge in [0.05, 0.1) is 13.2 Å². The molecule has 0 amide bonds. The second kappa shape index (κ2) is 4.71. The zero-order valence-corrected chi connectivity index (χ0v) is 12.3. The summed E-state index contributed by atoms with van der Waals surface area (Å²) in [7, 11) is 0. The maximum atomic E-state index is 6.03. The number of benzene rings is 1. The Bertz CT molecular complexity index is 492. The van der Waals surface area contributed by atoms with E-state index in [9.17, 15) is 0 Å². The Balaban J connectivity index is 2.06. The molecule has 0 bridgehead atoms. The van der Waals surface area contributed by atoms with Gasteiger partial charge in [-0.2, -0.15) is 0 Å². The molecule has 104 valence electrons. The fourth-order valence-electron chi connectivity index (χ4n) is 3.26. The summed E-state index contributed by atoms with van der Waals surface area (Å²) >= 11 is 0. The average molecular weight is 261 g/mol. The van der Waals surface area contributed by atoms with Crippen molar-refractivity contribution in [1.29, 1.82) is 0 Å². The van der Waals surface area contributed by atoms with Crippen LogP contribution in [0.5, 0.6) is 5.75 Å².